The van der Waals surface area contributed by atoms with Gasteiger partial charge in [0.15, 0.2) is 0 Å². The summed E-state index contributed by atoms with van der Waals surface area (Å²) in [6, 6.07) is 2.54. The van der Waals surface area contributed by atoms with Crippen molar-refractivity contribution in [3.8, 4) is 0 Å². The Bertz CT molecular complexity index is 360. The molecule has 3 unspecified atom stereocenters. The van der Waals surface area contributed by atoms with Crippen LogP contribution in [0, 0.1) is 11.8 Å². The lowest BCUT2D eigenvalue weighted by Crippen LogP contribution is -2.42. The van der Waals surface area contributed by atoms with E-state index in [2.05, 4.69) is 23.5 Å². The molecule has 0 saturated heterocycles. The molecule has 1 aromatic heterocycles. The lowest BCUT2D eigenvalue weighted by Gasteiger charge is -2.33. The summed E-state index contributed by atoms with van der Waals surface area (Å²) in [7, 11) is 2.00. The molecule has 3 atom stereocenters. The minimum atomic E-state index is 0.447. The van der Waals surface area contributed by atoms with E-state index in [9.17, 15) is 0 Å². The largest absolute Gasteiger partial charge is 0.273 e. The highest BCUT2D eigenvalue weighted by molar-refractivity contribution is 5.00. The third-order valence-electron chi connectivity index (χ3n) is 4.39. The van der Waals surface area contributed by atoms with E-state index in [0.29, 0.717) is 6.04 Å². The number of nitrogens with one attached hydrogen (secondary N) is 1. The molecule has 1 fully saturated rings. The van der Waals surface area contributed by atoms with Gasteiger partial charge in [0.2, 0.25) is 0 Å². The Morgan fingerprint density at radius 2 is 2.39 bits per heavy atom. The van der Waals surface area contributed by atoms with E-state index >= 15 is 0 Å². The first-order chi connectivity index (χ1) is 8.70. The van der Waals surface area contributed by atoms with Crippen molar-refractivity contribution >= 4 is 0 Å². The van der Waals surface area contributed by atoms with Crippen molar-refractivity contribution in [3.63, 3.8) is 0 Å². The topological polar surface area (TPSA) is 55.9 Å². The van der Waals surface area contributed by atoms with Crippen LogP contribution in [0.2, 0.25) is 0 Å². The number of hydrazine groups is 1. The number of nitrogens with two attached hydrogens (primary N) is 1. The van der Waals surface area contributed by atoms with Crippen LogP contribution < -0.4 is 11.3 Å². The standard InChI is InChI=1S/C14H26N4/c1-11-4-3-5-12(10-11)14(17-15)7-6-13-8-9-16-18(13)2/h8-9,11-12,14,17H,3-7,10,15H2,1-2H3. The molecule has 1 saturated carbocycles. The molecule has 18 heavy (non-hydrogen) atoms. The van der Waals surface area contributed by atoms with E-state index in [1.165, 1.54) is 31.4 Å². The van der Waals surface area contributed by atoms with Crippen molar-refractivity contribution in [1.29, 1.82) is 0 Å². The van der Waals surface area contributed by atoms with Crippen molar-refractivity contribution in [3.05, 3.63) is 18.0 Å². The number of nitrogens with zero attached hydrogens (tertiary/aromatic N) is 2. The quantitative estimate of drug-likeness (QED) is 0.621. The Kier molecular flexibility index (Phi) is 4.78. The second-order valence-corrected chi connectivity index (χ2v) is 5.79. The fourth-order valence-electron chi connectivity index (χ4n) is 3.25. The molecule has 2 rings (SSSR count). The lowest BCUT2D eigenvalue weighted by atomic mass is 9.77. The van der Waals surface area contributed by atoms with Crippen molar-refractivity contribution in [2.45, 2.75) is 51.5 Å². The average molecular weight is 250 g/mol. The smallest absolute Gasteiger partial charge is 0.0492 e. The molecule has 0 aliphatic heterocycles. The molecule has 1 heterocycles. The number of rotatable bonds is 5. The first kappa shape index (κ1) is 13.6. The van der Waals surface area contributed by atoms with E-state index in [1.807, 2.05) is 17.9 Å². The van der Waals surface area contributed by atoms with Gasteiger partial charge in [-0.15, -0.1) is 0 Å². The zero-order chi connectivity index (χ0) is 13.0. The van der Waals surface area contributed by atoms with E-state index in [-0.39, 0.29) is 0 Å². The SMILES string of the molecule is CC1CCCC(C(CCc2ccnn2C)NN)C1. The average Bonchev–Trinajstić information content (AvgIpc) is 2.76. The first-order valence-corrected chi connectivity index (χ1v) is 7.13. The molecule has 4 nitrogen and oxygen atoms in total. The molecule has 1 aliphatic rings. The maximum absolute atomic E-state index is 5.75. The van der Waals surface area contributed by atoms with Gasteiger partial charge in [-0.25, -0.2) is 0 Å². The van der Waals surface area contributed by atoms with Crippen LogP contribution in [0.4, 0.5) is 0 Å². The monoisotopic (exact) mass is 250 g/mol. The highest BCUT2D eigenvalue weighted by atomic mass is 15.3. The molecule has 0 radical (unpaired) electrons. The van der Waals surface area contributed by atoms with E-state index in [4.69, 9.17) is 5.84 Å². The predicted octanol–water partition coefficient (Wildman–Crippen LogP) is 2.01. The highest BCUT2D eigenvalue weighted by Crippen LogP contribution is 2.31. The van der Waals surface area contributed by atoms with Gasteiger partial charge in [0.25, 0.3) is 0 Å². The number of hydrogen-bond acceptors (Lipinski definition) is 3. The van der Waals surface area contributed by atoms with Gasteiger partial charge >= 0.3 is 0 Å². The highest BCUT2D eigenvalue weighted by Gasteiger charge is 2.25. The molecule has 102 valence electrons. The zero-order valence-electron chi connectivity index (χ0n) is 11.6. The van der Waals surface area contributed by atoms with Crippen LogP contribution in [0.5, 0.6) is 0 Å². The summed E-state index contributed by atoms with van der Waals surface area (Å²) in [5.74, 6) is 7.35. The van der Waals surface area contributed by atoms with Gasteiger partial charge in [-0.3, -0.25) is 16.0 Å². The Morgan fingerprint density at radius 1 is 1.56 bits per heavy atom. The van der Waals surface area contributed by atoms with Crippen LogP contribution in [0.25, 0.3) is 0 Å². The molecule has 0 bridgehead atoms. The third kappa shape index (κ3) is 3.33. The molecule has 1 aliphatic carbocycles. The van der Waals surface area contributed by atoms with Crippen LogP contribution in [0.1, 0.15) is 44.7 Å². The molecule has 1 aromatic rings. The van der Waals surface area contributed by atoms with Crippen LogP contribution in [0.3, 0.4) is 0 Å². The Hall–Kier alpha value is -0.870. The predicted molar refractivity (Wildman–Crippen MR) is 73.8 cm³/mol. The van der Waals surface area contributed by atoms with Crippen LogP contribution in [-0.4, -0.2) is 15.8 Å². The summed E-state index contributed by atoms with van der Waals surface area (Å²) in [6.45, 7) is 2.36. The summed E-state index contributed by atoms with van der Waals surface area (Å²) < 4.78 is 1.96. The minimum absolute atomic E-state index is 0.447. The fraction of sp³-hybridized carbons (Fsp3) is 0.786. The summed E-state index contributed by atoms with van der Waals surface area (Å²) in [4.78, 5) is 0. The molecule has 0 amide bonds. The zero-order valence-corrected chi connectivity index (χ0v) is 11.6. The van der Waals surface area contributed by atoms with Crippen molar-refractivity contribution in [2.75, 3.05) is 0 Å². The maximum Gasteiger partial charge on any atom is 0.0492 e. The van der Waals surface area contributed by atoms with Crippen LogP contribution in [-0.2, 0) is 13.5 Å². The van der Waals surface area contributed by atoms with Gasteiger partial charge in [0.05, 0.1) is 0 Å². The molecular formula is C14H26N4. The van der Waals surface area contributed by atoms with Gasteiger partial charge in [-0.2, -0.15) is 5.10 Å². The maximum atomic E-state index is 5.75. The Morgan fingerprint density at radius 3 is 3.00 bits per heavy atom. The Labute approximate surface area is 110 Å². The van der Waals surface area contributed by atoms with Crippen molar-refractivity contribution in [1.82, 2.24) is 15.2 Å². The van der Waals surface area contributed by atoms with Gasteiger partial charge in [-0.1, -0.05) is 19.8 Å². The normalized spacial score (nSPS) is 26.2. The lowest BCUT2D eigenvalue weighted by molar-refractivity contribution is 0.215. The second kappa shape index (κ2) is 6.34. The van der Waals surface area contributed by atoms with E-state index in [1.54, 1.807) is 0 Å². The van der Waals surface area contributed by atoms with Gasteiger partial charge < -0.3 is 0 Å². The van der Waals surface area contributed by atoms with Gasteiger partial charge in [0.1, 0.15) is 0 Å². The van der Waals surface area contributed by atoms with Gasteiger partial charge in [0, 0.05) is 25.0 Å². The summed E-state index contributed by atoms with van der Waals surface area (Å²) in [5.41, 5.74) is 4.34. The number of aryl methyl sites for hydroxylation is 2. The summed E-state index contributed by atoms with van der Waals surface area (Å²) in [5, 5.41) is 4.21. The Balaban J connectivity index is 1.87. The van der Waals surface area contributed by atoms with Crippen LogP contribution >= 0.6 is 0 Å². The first-order valence-electron chi connectivity index (χ1n) is 7.13. The molecule has 4 heteroatoms. The summed E-state index contributed by atoms with van der Waals surface area (Å²) >= 11 is 0. The second-order valence-electron chi connectivity index (χ2n) is 5.79. The fourth-order valence-corrected chi connectivity index (χ4v) is 3.25. The van der Waals surface area contributed by atoms with Crippen LogP contribution in [0.15, 0.2) is 12.3 Å². The molecular weight excluding hydrogens is 224 g/mol. The number of hydrogen-bond donors (Lipinski definition) is 2. The molecule has 0 aromatic carbocycles. The molecule has 0 spiro atoms. The van der Waals surface area contributed by atoms with Gasteiger partial charge in [-0.05, 0) is 43.6 Å². The molecule has 3 N–H and O–H groups in total. The minimum Gasteiger partial charge on any atom is -0.273 e. The van der Waals surface area contributed by atoms with Crippen molar-refractivity contribution < 1.29 is 0 Å². The number of aromatic nitrogens is 2. The van der Waals surface area contributed by atoms with Crippen molar-refractivity contribution in [2.24, 2.45) is 24.7 Å². The summed E-state index contributed by atoms with van der Waals surface area (Å²) in [6.07, 6.45) is 9.41. The van der Waals surface area contributed by atoms with E-state index in [0.717, 1.165) is 24.7 Å². The van der Waals surface area contributed by atoms with E-state index < -0.39 is 0 Å². The third-order valence-corrected chi connectivity index (χ3v) is 4.39.